The molecule has 4 aromatic rings. The van der Waals surface area contributed by atoms with Crippen LogP contribution in [0.5, 0.6) is 5.75 Å². The molecule has 0 spiro atoms. The number of aromatic nitrogens is 4. The first-order valence-electron chi connectivity index (χ1n) is 10.2. The van der Waals surface area contributed by atoms with Crippen LogP contribution >= 0.6 is 11.6 Å². The third-order valence-electron chi connectivity index (χ3n) is 5.00. The van der Waals surface area contributed by atoms with Gasteiger partial charge in [-0.3, -0.25) is 0 Å². The lowest BCUT2D eigenvalue weighted by Crippen LogP contribution is -2.19. The summed E-state index contributed by atoms with van der Waals surface area (Å²) in [7, 11) is 4.00. The standard InChI is InChI=1S/C23H24ClFN6O.2H2/c1-14(15-5-4-6-17(9-15)32-8-7-31(2)3)29-23-20(25)13-28-22(30-23)19-12-27-21-18(19)10-16(24)11-26-21;;/h4-6,9-14H,7-8H2,1-3H3,(H,26,27)(H,28,29,30);2*1H/t14-;;/m0../s1. The molecule has 1 atom stereocenters. The quantitative estimate of drug-likeness (QED) is 0.367. The minimum Gasteiger partial charge on any atom is -0.492 e. The summed E-state index contributed by atoms with van der Waals surface area (Å²) in [5.41, 5.74) is 2.31. The molecule has 0 bridgehead atoms. The Balaban J connectivity index is 0.00000204. The van der Waals surface area contributed by atoms with E-state index in [1.807, 2.05) is 45.3 Å². The second-order valence-electron chi connectivity index (χ2n) is 7.73. The predicted octanol–water partition coefficient (Wildman–Crippen LogP) is 5.42. The molecule has 0 amide bonds. The molecule has 32 heavy (non-hydrogen) atoms. The van der Waals surface area contributed by atoms with Gasteiger partial charge in [0.15, 0.2) is 17.5 Å². The van der Waals surface area contributed by atoms with Gasteiger partial charge in [0.25, 0.3) is 0 Å². The number of benzene rings is 1. The van der Waals surface area contributed by atoms with Gasteiger partial charge in [-0.2, -0.15) is 0 Å². The number of aromatic amines is 1. The first-order valence-corrected chi connectivity index (χ1v) is 10.6. The van der Waals surface area contributed by atoms with E-state index in [0.29, 0.717) is 28.7 Å². The number of likely N-dealkylation sites (N-methyl/N-ethyl adjacent to an activating group) is 1. The number of halogens is 2. The second-order valence-corrected chi connectivity index (χ2v) is 8.17. The fourth-order valence-corrected chi connectivity index (χ4v) is 3.43. The summed E-state index contributed by atoms with van der Waals surface area (Å²) in [6.07, 6.45) is 4.46. The largest absolute Gasteiger partial charge is 0.492 e. The summed E-state index contributed by atoms with van der Waals surface area (Å²) in [6.45, 7) is 3.35. The number of nitrogens with one attached hydrogen (secondary N) is 2. The summed E-state index contributed by atoms with van der Waals surface area (Å²) in [4.78, 5) is 18.0. The molecule has 0 aliphatic heterocycles. The van der Waals surface area contributed by atoms with E-state index in [1.165, 1.54) is 0 Å². The smallest absolute Gasteiger partial charge is 0.183 e. The van der Waals surface area contributed by atoms with E-state index >= 15 is 0 Å². The van der Waals surface area contributed by atoms with Crippen molar-refractivity contribution < 1.29 is 12.0 Å². The molecule has 0 saturated heterocycles. The van der Waals surface area contributed by atoms with Crippen molar-refractivity contribution in [1.29, 1.82) is 0 Å². The first-order chi connectivity index (χ1) is 15.4. The second kappa shape index (κ2) is 9.50. The van der Waals surface area contributed by atoms with Crippen molar-refractivity contribution in [2.75, 3.05) is 32.6 Å². The summed E-state index contributed by atoms with van der Waals surface area (Å²) < 4.78 is 20.3. The van der Waals surface area contributed by atoms with Crippen molar-refractivity contribution in [3.8, 4) is 17.1 Å². The van der Waals surface area contributed by atoms with E-state index in [9.17, 15) is 4.39 Å². The maximum atomic E-state index is 14.5. The fourth-order valence-electron chi connectivity index (χ4n) is 3.27. The Hall–Kier alpha value is -3.23. The SMILES string of the molecule is C[C@H](Nc1nc(-c2c[nH]c3ncc(Cl)cc23)ncc1F)c1cccc(OCCN(C)C)c1.[HH].[HH]. The number of rotatable bonds is 8. The van der Waals surface area contributed by atoms with Crippen molar-refractivity contribution in [2.24, 2.45) is 0 Å². The van der Waals surface area contributed by atoms with Crippen LogP contribution in [0.4, 0.5) is 10.2 Å². The molecule has 4 rings (SSSR count). The zero-order chi connectivity index (χ0) is 22.7. The van der Waals surface area contributed by atoms with Gasteiger partial charge in [-0.1, -0.05) is 23.7 Å². The maximum Gasteiger partial charge on any atom is 0.183 e. The van der Waals surface area contributed by atoms with Crippen LogP contribution < -0.4 is 10.1 Å². The van der Waals surface area contributed by atoms with Gasteiger partial charge in [-0.25, -0.2) is 19.3 Å². The molecular weight excluding hydrogens is 431 g/mol. The molecule has 9 heteroatoms. The highest BCUT2D eigenvalue weighted by atomic mass is 35.5. The Morgan fingerprint density at radius 3 is 2.91 bits per heavy atom. The third-order valence-corrected chi connectivity index (χ3v) is 5.21. The molecule has 3 heterocycles. The van der Waals surface area contributed by atoms with Gasteiger partial charge >= 0.3 is 0 Å². The molecule has 2 N–H and O–H groups in total. The van der Waals surface area contributed by atoms with E-state index in [4.69, 9.17) is 16.3 Å². The van der Waals surface area contributed by atoms with Gasteiger partial charge < -0.3 is 19.9 Å². The van der Waals surface area contributed by atoms with E-state index in [-0.39, 0.29) is 14.7 Å². The number of pyridine rings is 1. The van der Waals surface area contributed by atoms with Gasteiger partial charge in [-0.15, -0.1) is 0 Å². The van der Waals surface area contributed by atoms with E-state index in [0.717, 1.165) is 29.4 Å². The van der Waals surface area contributed by atoms with Gasteiger partial charge in [0.1, 0.15) is 18.0 Å². The Labute approximate surface area is 193 Å². The van der Waals surface area contributed by atoms with Crippen LogP contribution in [0.2, 0.25) is 5.02 Å². The number of hydrogen-bond donors (Lipinski definition) is 2. The van der Waals surface area contributed by atoms with E-state index < -0.39 is 5.82 Å². The lowest BCUT2D eigenvalue weighted by Gasteiger charge is -2.17. The summed E-state index contributed by atoms with van der Waals surface area (Å²) in [6, 6.07) is 9.31. The molecular formula is C23H28ClFN6O. The summed E-state index contributed by atoms with van der Waals surface area (Å²) in [5.74, 6) is 0.725. The van der Waals surface area contributed by atoms with Crippen LogP contribution in [0, 0.1) is 5.82 Å². The molecule has 7 nitrogen and oxygen atoms in total. The third kappa shape index (κ3) is 4.98. The van der Waals surface area contributed by atoms with Gasteiger partial charge in [0.2, 0.25) is 0 Å². The lowest BCUT2D eigenvalue weighted by atomic mass is 10.1. The maximum absolute atomic E-state index is 14.5. The van der Waals surface area contributed by atoms with Crippen LogP contribution in [0.3, 0.4) is 0 Å². The minimum absolute atomic E-state index is 0. The topological polar surface area (TPSA) is 79.0 Å². The highest BCUT2D eigenvalue weighted by molar-refractivity contribution is 6.31. The summed E-state index contributed by atoms with van der Waals surface area (Å²) in [5, 5.41) is 4.42. The normalized spacial score (nSPS) is 12.3. The van der Waals surface area contributed by atoms with Crippen LogP contribution in [0.1, 0.15) is 21.4 Å². The van der Waals surface area contributed by atoms with Crippen molar-refractivity contribution in [2.45, 2.75) is 13.0 Å². The van der Waals surface area contributed by atoms with Crippen LogP contribution in [0.15, 0.2) is 48.9 Å². The molecule has 0 saturated carbocycles. The van der Waals surface area contributed by atoms with Crippen molar-refractivity contribution in [1.82, 2.24) is 24.8 Å². The number of hydrogen-bond acceptors (Lipinski definition) is 6. The van der Waals surface area contributed by atoms with E-state index in [2.05, 4.69) is 30.2 Å². The predicted molar refractivity (Wildman–Crippen MR) is 129 cm³/mol. The lowest BCUT2D eigenvalue weighted by molar-refractivity contribution is 0.261. The molecule has 1 aromatic carbocycles. The Morgan fingerprint density at radius 1 is 1.25 bits per heavy atom. The zero-order valence-electron chi connectivity index (χ0n) is 18.1. The van der Waals surface area contributed by atoms with Crippen LogP contribution in [-0.4, -0.2) is 52.1 Å². The Morgan fingerprint density at radius 2 is 2.09 bits per heavy atom. The number of H-pyrrole nitrogens is 1. The fraction of sp³-hybridized carbons (Fsp3) is 0.261. The van der Waals surface area contributed by atoms with Gasteiger partial charge in [0.05, 0.1) is 17.3 Å². The average molecular weight is 459 g/mol. The molecule has 0 aliphatic rings. The molecule has 0 radical (unpaired) electrons. The Kier molecular flexibility index (Phi) is 6.53. The summed E-state index contributed by atoms with van der Waals surface area (Å²) >= 11 is 6.09. The highest BCUT2D eigenvalue weighted by Crippen LogP contribution is 2.29. The average Bonchev–Trinajstić information content (AvgIpc) is 3.18. The highest BCUT2D eigenvalue weighted by Gasteiger charge is 2.16. The molecule has 0 unspecified atom stereocenters. The number of ether oxygens (including phenoxy) is 1. The number of nitrogens with zero attached hydrogens (tertiary/aromatic N) is 4. The number of anilines is 1. The first kappa shape index (κ1) is 22.0. The van der Waals surface area contributed by atoms with Crippen molar-refractivity contribution in [3.63, 3.8) is 0 Å². The van der Waals surface area contributed by atoms with Gasteiger partial charge in [-0.05, 0) is 44.8 Å². The van der Waals surface area contributed by atoms with E-state index in [1.54, 1.807) is 18.5 Å². The minimum atomic E-state index is -0.532. The number of fused-ring (bicyclic) bond motifs is 1. The van der Waals surface area contributed by atoms with Gasteiger partial charge in [0, 0.05) is 32.7 Å². The zero-order valence-corrected chi connectivity index (χ0v) is 18.8. The van der Waals surface area contributed by atoms with Crippen LogP contribution in [0.25, 0.3) is 22.4 Å². The van der Waals surface area contributed by atoms with Crippen LogP contribution in [-0.2, 0) is 0 Å². The Bertz CT molecular complexity index is 1240. The molecule has 170 valence electrons. The molecule has 0 fully saturated rings. The van der Waals surface area contributed by atoms with Crippen molar-refractivity contribution >= 4 is 28.5 Å². The molecule has 0 aliphatic carbocycles. The van der Waals surface area contributed by atoms with Crippen molar-refractivity contribution in [3.05, 3.63) is 65.3 Å². The monoisotopic (exact) mass is 458 g/mol. The molecule has 3 aromatic heterocycles.